The van der Waals surface area contributed by atoms with Crippen molar-refractivity contribution in [3.8, 4) is 0 Å². The SMILES string of the molecule is CCOC(=O)C1CC[NH+](CC(=O)N[C@H](C)[C@@H](c2ccccc2)[NH+]2CCOCC2)CC1. The summed E-state index contributed by atoms with van der Waals surface area (Å²) in [6.07, 6.45) is 1.59. The summed E-state index contributed by atoms with van der Waals surface area (Å²) in [5.74, 6) is -0.0162. The fraction of sp³-hybridized carbons (Fsp3) is 0.652. The Morgan fingerprint density at radius 3 is 2.43 bits per heavy atom. The highest BCUT2D eigenvalue weighted by Gasteiger charge is 2.34. The van der Waals surface area contributed by atoms with E-state index in [2.05, 4.69) is 36.5 Å². The van der Waals surface area contributed by atoms with Gasteiger partial charge in [0.2, 0.25) is 0 Å². The van der Waals surface area contributed by atoms with E-state index in [1.54, 1.807) is 0 Å². The van der Waals surface area contributed by atoms with Crippen LogP contribution in [0.3, 0.4) is 0 Å². The summed E-state index contributed by atoms with van der Waals surface area (Å²) in [7, 11) is 0. The largest absolute Gasteiger partial charge is 0.466 e. The lowest BCUT2D eigenvalue weighted by molar-refractivity contribution is -0.940. The zero-order valence-corrected chi connectivity index (χ0v) is 18.3. The Balaban J connectivity index is 1.53. The second-order valence-electron chi connectivity index (χ2n) is 8.47. The van der Waals surface area contributed by atoms with Gasteiger partial charge in [-0.3, -0.25) is 9.59 Å². The molecule has 3 rings (SSSR count). The molecule has 2 atom stereocenters. The van der Waals surface area contributed by atoms with E-state index in [-0.39, 0.29) is 29.9 Å². The first-order valence-electron chi connectivity index (χ1n) is 11.3. The maximum atomic E-state index is 12.8. The van der Waals surface area contributed by atoms with Crippen molar-refractivity contribution in [3.63, 3.8) is 0 Å². The monoisotopic (exact) mass is 419 g/mol. The lowest BCUT2D eigenvalue weighted by Crippen LogP contribution is -3.16. The van der Waals surface area contributed by atoms with Crippen molar-refractivity contribution in [2.75, 3.05) is 52.5 Å². The highest BCUT2D eigenvalue weighted by molar-refractivity contribution is 5.77. The molecular formula is C23H37N3O4+2. The van der Waals surface area contributed by atoms with Gasteiger partial charge in [0.15, 0.2) is 6.54 Å². The standard InChI is InChI=1S/C23H35N3O4/c1-3-30-23(28)20-9-11-25(12-10-20)17-21(27)24-18(2)22(19-7-5-4-6-8-19)26-13-15-29-16-14-26/h4-8,18,20,22H,3,9-17H2,1-2H3,(H,24,27)/p+2/t18-,22+/m1/s1. The van der Waals surface area contributed by atoms with E-state index in [0.717, 1.165) is 52.2 Å². The molecule has 30 heavy (non-hydrogen) atoms. The predicted molar refractivity (Wildman–Crippen MR) is 113 cm³/mol. The van der Waals surface area contributed by atoms with E-state index in [0.29, 0.717) is 13.2 Å². The molecule has 7 nitrogen and oxygen atoms in total. The molecule has 0 unspecified atom stereocenters. The van der Waals surface area contributed by atoms with Crippen molar-refractivity contribution in [2.45, 2.75) is 38.8 Å². The van der Waals surface area contributed by atoms with E-state index in [1.807, 2.05) is 13.0 Å². The molecule has 2 saturated heterocycles. The maximum absolute atomic E-state index is 12.8. The molecule has 7 heteroatoms. The molecule has 2 aliphatic heterocycles. The van der Waals surface area contributed by atoms with Gasteiger partial charge in [0.05, 0.1) is 44.9 Å². The highest BCUT2D eigenvalue weighted by atomic mass is 16.5. The number of rotatable bonds is 8. The summed E-state index contributed by atoms with van der Waals surface area (Å²) < 4.78 is 10.7. The van der Waals surface area contributed by atoms with Gasteiger partial charge in [0, 0.05) is 18.4 Å². The molecule has 166 valence electrons. The van der Waals surface area contributed by atoms with Gasteiger partial charge in [-0.05, 0) is 13.8 Å². The number of ether oxygens (including phenoxy) is 2. The third-order valence-electron chi connectivity index (χ3n) is 6.35. The number of amides is 1. The van der Waals surface area contributed by atoms with Crippen molar-refractivity contribution in [3.05, 3.63) is 35.9 Å². The summed E-state index contributed by atoms with van der Waals surface area (Å²) in [6, 6.07) is 10.7. The topological polar surface area (TPSA) is 73.5 Å². The fourth-order valence-corrected chi connectivity index (χ4v) is 4.80. The lowest BCUT2D eigenvalue weighted by Gasteiger charge is -2.35. The van der Waals surface area contributed by atoms with E-state index < -0.39 is 0 Å². The lowest BCUT2D eigenvalue weighted by atomic mass is 9.96. The van der Waals surface area contributed by atoms with Gasteiger partial charge in [-0.2, -0.15) is 0 Å². The van der Waals surface area contributed by atoms with Crippen LogP contribution in [-0.2, 0) is 19.1 Å². The number of esters is 1. The Morgan fingerprint density at radius 2 is 1.80 bits per heavy atom. The van der Waals surface area contributed by atoms with Crippen LogP contribution >= 0.6 is 0 Å². The zero-order chi connectivity index (χ0) is 21.3. The number of hydrogen-bond donors (Lipinski definition) is 3. The molecule has 1 aromatic carbocycles. The average molecular weight is 420 g/mol. The van der Waals surface area contributed by atoms with Gasteiger partial charge < -0.3 is 24.6 Å². The van der Waals surface area contributed by atoms with Crippen LogP contribution in [0.2, 0.25) is 0 Å². The minimum Gasteiger partial charge on any atom is -0.466 e. The van der Waals surface area contributed by atoms with Crippen molar-refractivity contribution in [1.29, 1.82) is 0 Å². The molecule has 0 spiro atoms. The molecule has 2 aliphatic rings. The Morgan fingerprint density at radius 1 is 1.13 bits per heavy atom. The normalized spacial score (nSPS) is 24.6. The number of quaternary nitrogens is 2. The van der Waals surface area contributed by atoms with E-state index in [9.17, 15) is 9.59 Å². The third kappa shape index (κ3) is 6.27. The van der Waals surface area contributed by atoms with Crippen LogP contribution in [-0.4, -0.2) is 70.5 Å². The first-order chi connectivity index (χ1) is 14.6. The van der Waals surface area contributed by atoms with Gasteiger partial charge in [-0.25, -0.2) is 0 Å². The summed E-state index contributed by atoms with van der Waals surface area (Å²) in [5, 5.41) is 3.26. The van der Waals surface area contributed by atoms with Crippen molar-refractivity contribution >= 4 is 11.9 Å². The van der Waals surface area contributed by atoms with Crippen LogP contribution in [0.15, 0.2) is 30.3 Å². The summed E-state index contributed by atoms with van der Waals surface area (Å²) in [6.45, 7) is 9.94. The summed E-state index contributed by atoms with van der Waals surface area (Å²) >= 11 is 0. The quantitative estimate of drug-likeness (QED) is 0.473. The van der Waals surface area contributed by atoms with Gasteiger partial charge in [0.1, 0.15) is 19.1 Å². The number of carbonyl (C=O) groups excluding carboxylic acids is 2. The summed E-state index contributed by atoms with van der Waals surface area (Å²) in [4.78, 5) is 27.4. The molecular weight excluding hydrogens is 382 g/mol. The van der Waals surface area contributed by atoms with Gasteiger partial charge in [-0.15, -0.1) is 0 Å². The van der Waals surface area contributed by atoms with Crippen LogP contribution in [0.5, 0.6) is 0 Å². The minimum atomic E-state index is -0.0891. The maximum Gasteiger partial charge on any atom is 0.309 e. The molecule has 0 aliphatic carbocycles. The second kappa shape index (κ2) is 11.4. The number of piperidine rings is 1. The van der Waals surface area contributed by atoms with Crippen molar-refractivity contribution in [2.24, 2.45) is 5.92 Å². The number of likely N-dealkylation sites (tertiary alicyclic amines) is 1. The second-order valence-corrected chi connectivity index (χ2v) is 8.47. The van der Waals surface area contributed by atoms with Gasteiger partial charge >= 0.3 is 5.97 Å². The Labute approximate surface area is 179 Å². The number of hydrogen-bond acceptors (Lipinski definition) is 4. The fourth-order valence-electron chi connectivity index (χ4n) is 4.80. The van der Waals surface area contributed by atoms with Crippen LogP contribution in [0, 0.1) is 5.92 Å². The number of carbonyl (C=O) groups is 2. The Hall–Kier alpha value is -1.96. The number of morpholine rings is 1. The molecule has 0 saturated carbocycles. The molecule has 3 N–H and O–H groups in total. The molecule has 1 amide bonds. The molecule has 2 heterocycles. The number of benzene rings is 1. The van der Waals surface area contributed by atoms with E-state index in [4.69, 9.17) is 9.47 Å². The van der Waals surface area contributed by atoms with E-state index >= 15 is 0 Å². The van der Waals surface area contributed by atoms with Crippen LogP contribution < -0.4 is 15.1 Å². The van der Waals surface area contributed by atoms with Crippen molar-refractivity contribution < 1.29 is 28.9 Å². The molecule has 2 fully saturated rings. The van der Waals surface area contributed by atoms with Gasteiger partial charge in [-0.1, -0.05) is 30.3 Å². The highest BCUT2D eigenvalue weighted by Crippen LogP contribution is 2.14. The molecule has 0 bridgehead atoms. The molecule has 0 radical (unpaired) electrons. The minimum absolute atomic E-state index is 0.0110. The molecule has 0 aromatic heterocycles. The first kappa shape index (κ1) is 22.7. The first-order valence-corrected chi connectivity index (χ1v) is 11.3. The molecule has 1 aromatic rings. The Kier molecular flexibility index (Phi) is 8.66. The smallest absolute Gasteiger partial charge is 0.309 e. The predicted octanol–water partition coefficient (Wildman–Crippen LogP) is -0.994. The number of nitrogens with one attached hydrogen (secondary N) is 3. The third-order valence-corrected chi connectivity index (χ3v) is 6.35. The van der Waals surface area contributed by atoms with Crippen molar-refractivity contribution in [1.82, 2.24) is 5.32 Å². The van der Waals surface area contributed by atoms with Crippen LogP contribution in [0.4, 0.5) is 0 Å². The van der Waals surface area contributed by atoms with Gasteiger partial charge in [0.25, 0.3) is 5.91 Å². The zero-order valence-electron chi connectivity index (χ0n) is 18.3. The summed E-state index contributed by atoms with van der Waals surface area (Å²) in [5.41, 5.74) is 1.25. The van der Waals surface area contributed by atoms with E-state index in [1.165, 1.54) is 15.4 Å². The Bertz CT molecular complexity index is 670. The average Bonchev–Trinajstić information content (AvgIpc) is 2.76. The van der Waals surface area contributed by atoms with Crippen LogP contribution in [0.25, 0.3) is 0 Å². The van der Waals surface area contributed by atoms with Crippen LogP contribution in [0.1, 0.15) is 38.3 Å².